The number of rotatable bonds is 2. The van der Waals surface area contributed by atoms with E-state index in [1.807, 2.05) is 24.3 Å². The zero-order chi connectivity index (χ0) is 10.8. The van der Waals surface area contributed by atoms with Crippen LogP contribution in [0.15, 0.2) is 33.3 Å². The van der Waals surface area contributed by atoms with E-state index in [2.05, 4.69) is 26.1 Å². The molecule has 0 saturated carbocycles. The van der Waals surface area contributed by atoms with Gasteiger partial charge in [-0.15, -0.1) is 0 Å². The van der Waals surface area contributed by atoms with E-state index in [1.54, 1.807) is 6.92 Å². The highest BCUT2D eigenvalue weighted by Gasteiger charge is 2.11. The Balaban J connectivity index is 2.33. The third-order valence-corrected chi connectivity index (χ3v) is 2.44. The molecule has 2 aromatic rings. The Morgan fingerprint density at radius 2 is 2.00 bits per heavy atom. The fourth-order valence-electron chi connectivity index (χ4n) is 1.11. The maximum atomic E-state index is 9.24. The normalized spacial score (nSPS) is 12.7. The lowest BCUT2D eigenvalue weighted by Crippen LogP contribution is -1.92. The van der Waals surface area contributed by atoms with Gasteiger partial charge in [0.2, 0.25) is 0 Å². The summed E-state index contributed by atoms with van der Waals surface area (Å²) < 4.78 is 6.00. The van der Waals surface area contributed by atoms with Crippen LogP contribution in [0, 0.1) is 0 Å². The van der Waals surface area contributed by atoms with Gasteiger partial charge in [-0.2, -0.15) is 4.98 Å². The first-order valence-electron chi connectivity index (χ1n) is 4.44. The molecule has 0 aliphatic heterocycles. The maximum Gasteiger partial charge on any atom is 0.258 e. The van der Waals surface area contributed by atoms with Gasteiger partial charge in [-0.3, -0.25) is 0 Å². The maximum absolute atomic E-state index is 9.24. The summed E-state index contributed by atoms with van der Waals surface area (Å²) in [6.45, 7) is 1.59. The Bertz CT molecular complexity index is 451. The summed E-state index contributed by atoms with van der Waals surface area (Å²) in [6, 6.07) is 7.51. The minimum absolute atomic E-state index is 0.299. The molecule has 1 atom stereocenters. The molecule has 0 saturated heterocycles. The average Bonchev–Trinajstić information content (AvgIpc) is 2.68. The molecule has 0 aliphatic carbocycles. The molecule has 15 heavy (non-hydrogen) atoms. The molecule has 0 amide bonds. The number of nitrogens with zero attached hydrogens (tertiary/aromatic N) is 2. The van der Waals surface area contributed by atoms with Gasteiger partial charge >= 0.3 is 0 Å². The Hall–Kier alpha value is -1.20. The second kappa shape index (κ2) is 4.12. The van der Waals surface area contributed by atoms with E-state index in [1.165, 1.54) is 0 Å². The molecular formula is C10H9BrN2O2. The number of aromatic nitrogens is 2. The molecule has 1 aromatic heterocycles. The molecule has 78 valence electrons. The first kappa shape index (κ1) is 10.3. The first-order chi connectivity index (χ1) is 7.16. The standard InChI is InChI=1S/C10H9BrN2O2/c1-6(14)9-12-10(15-13-9)7-2-4-8(11)5-3-7/h2-6,14H,1H3/t6-/m1/s1. The Morgan fingerprint density at radius 3 is 2.53 bits per heavy atom. The zero-order valence-electron chi connectivity index (χ0n) is 8.01. The van der Waals surface area contributed by atoms with E-state index in [0.29, 0.717) is 11.7 Å². The lowest BCUT2D eigenvalue weighted by molar-refractivity contribution is 0.184. The fraction of sp³-hybridized carbons (Fsp3) is 0.200. The molecule has 0 unspecified atom stereocenters. The van der Waals surface area contributed by atoms with Crippen molar-refractivity contribution in [1.82, 2.24) is 10.1 Å². The average molecular weight is 269 g/mol. The van der Waals surface area contributed by atoms with Crippen molar-refractivity contribution in [3.8, 4) is 11.5 Å². The van der Waals surface area contributed by atoms with Crippen LogP contribution in [0.3, 0.4) is 0 Å². The summed E-state index contributed by atoms with van der Waals surface area (Å²) in [4.78, 5) is 4.07. The molecule has 1 N–H and O–H groups in total. The van der Waals surface area contributed by atoms with Crippen LogP contribution in [-0.4, -0.2) is 15.2 Å². The van der Waals surface area contributed by atoms with E-state index >= 15 is 0 Å². The van der Waals surface area contributed by atoms with Gasteiger partial charge in [-0.05, 0) is 31.2 Å². The summed E-state index contributed by atoms with van der Waals surface area (Å²) in [7, 11) is 0. The summed E-state index contributed by atoms with van der Waals surface area (Å²) >= 11 is 3.34. The Labute approximate surface area is 95.1 Å². The molecule has 0 fully saturated rings. The molecule has 4 nitrogen and oxygen atoms in total. The van der Waals surface area contributed by atoms with Crippen LogP contribution in [0.4, 0.5) is 0 Å². The number of aliphatic hydroxyl groups is 1. The van der Waals surface area contributed by atoms with Crippen LogP contribution in [0.2, 0.25) is 0 Å². The lowest BCUT2D eigenvalue weighted by Gasteiger charge is -1.94. The highest BCUT2D eigenvalue weighted by Crippen LogP contribution is 2.21. The molecule has 0 aliphatic rings. The van der Waals surface area contributed by atoms with Gasteiger partial charge in [0.1, 0.15) is 6.10 Å². The van der Waals surface area contributed by atoms with Gasteiger partial charge in [-0.1, -0.05) is 21.1 Å². The number of aliphatic hydroxyl groups excluding tert-OH is 1. The van der Waals surface area contributed by atoms with E-state index in [0.717, 1.165) is 10.0 Å². The smallest absolute Gasteiger partial charge is 0.258 e. The largest absolute Gasteiger partial charge is 0.385 e. The van der Waals surface area contributed by atoms with Gasteiger partial charge < -0.3 is 9.63 Å². The van der Waals surface area contributed by atoms with Crippen LogP contribution in [0.1, 0.15) is 18.9 Å². The van der Waals surface area contributed by atoms with Crippen LogP contribution < -0.4 is 0 Å². The van der Waals surface area contributed by atoms with E-state index in [4.69, 9.17) is 4.52 Å². The van der Waals surface area contributed by atoms with Crippen molar-refractivity contribution >= 4 is 15.9 Å². The minimum Gasteiger partial charge on any atom is -0.385 e. The highest BCUT2D eigenvalue weighted by molar-refractivity contribution is 9.10. The highest BCUT2D eigenvalue weighted by atomic mass is 79.9. The van der Waals surface area contributed by atoms with Crippen molar-refractivity contribution < 1.29 is 9.63 Å². The van der Waals surface area contributed by atoms with Crippen molar-refractivity contribution in [3.63, 3.8) is 0 Å². The van der Waals surface area contributed by atoms with Gasteiger partial charge in [-0.25, -0.2) is 0 Å². The fourth-order valence-corrected chi connectivity index (χ4v) is 1.38. The van der Waals surface area contributed by atoms with Crippen LogP contribution in [0.25, 0.3) is 11.5 Å². The van der Waals surface area contributed by atoms with Crippen molar-refractivity contribution in [2.24, 2.45) is 0 Å². The van der Waals surface area contributed by atoms with Crippen molar-refractivity contribution in [3.05, 3.63) is 34.6 Å². The number of halogens is 1. The second-order valence-corrected chi connectivity index (χ2v) is 4.06. The lowest BCUT2D eigenvalue weighted by atomic mass is 10.2. The molecule has 0 spiro atoms. The molecule has 1 heterocycles. The van der Waals surface area contributed by atoms with Crippen molar-refractivity contribution in [1.29, 1.82) is 0 Å². The molecule has 1 aromatic carbocycles. The van der Waals surface area contributed by atoms with Crippen molar-refractivity contribution in [2.45, 2.75) is 13.0 Å². The summed E-state index contributed by atoms with van der Waals surface area (Å²) in [6.07, 6.45) is -0.710. The molecule has 0 radical (unpaired) electrons. The Kier molecular flexibility index (Phi) is 2.83. The number of benzene rings is 1. The summed E-state index contributed by atoms with van der Waals surface area (Å²) in [5.74, 6) is 0.714. The van der Waals surface area contributed by atoms with Gasteiger partial charge in [0.15, 0.2) is 5.82 Å². The molecule has 0 bridgehead atoms. The van der Waals surface area contributed by atoms with Crippen LogP contribution in [-0.2, 0) is 0 Å². The number of hydrogen-bond donors (Lipinski definition) is 1. The molecule has 5 heteroatoms. The number of hydrogen-bond acceptors (Lipinski definition) is 4. The van der Waals surface area contributed by atoms with Crippen LogP contribution in [0.5, 0.6) is 0 Å². The van der Waals surface area contributed by atoms with E-state index in [9.17, 15) is 5.11 Å². The minimum atomic E-state index is -0.710. The van der Waals surface area contributed by atoms with Crippen LogP contribution >= 0.6 is 15.9 Å². The van der Waals surface area contributed by atoms with Crippen molar-refractivity contribution in [2.75, 3.05) is 0 Å². The monoisotopic (exact) mass is 268 g/mol. The van der Waals surface area contributed by atoms with Gasteiger partial charge in [0.25, 0.3) is 5.89 Å². The second-order valence-electron chi connectivity index (χ2n) is 3.14. The summed E-state index contributed by atoms with van der Waals surface area (Å²) in [5.41, 5.74) is 0.831. The molecular weight excluding hydrogens is 260 g/mol. The first-order valence-corrected chi connectivity index (χ1v) is 5.24. The third-order valence-electron chi connectivity index (χ3n) is 1.91. The van der Waals surface area contributed by atoms with Gasteiger partial charge in [0, 0.05) is 10.0 Å². The SMILES string of the molecule is C[C@@H](O)c1noc(-c2ccc(Br)cc2)n1. The van der Waals surface area contributed by atoms with E-state index in [-0.39, 0.29) is 0 Å². The third kappa shape index (κ3) is 2.24. The topological polar surface area (TPSA) is 59.2 Å². The quantitative estimate of drug-likeness (QED) is 0.910. The van der Waals surface area contributed by atoms with E-state index < -0.39 is 6.10 Å². The molecule has 2 rings (SSSR count). The predicted octanol–water partition coefficient (Wildman–Crippen LogP) is 2.55. The summed E-state index contributed by atoms with van der Waals surface area (Å²) in [5, 5.41) is 12.9. The Morgan fingerprint density at radius 1 is 1.33 bits per heavy atom. The zero-order valence-corrected chi connectivity index (χ0v) is 9.60. The van der Waals surface area contributed by atoms with Gasteiger partial charge in [0.05, 0.1) is 0 Å². The predicted molar refractivity (Wildman–Crippen MR) is 58.1 cm³/mol.